The molecule has 1 aromatic carbocycles. The van der Waals surface area contributed by atoms with Crippen LogP contribution in [-0.4, -0.2) is 42.8 Å². The first-order valence-corrected chi connectivity index (χ1v) is 7.44. The van der Waals surface area contributed by atoms with Crippen LogP contribution in [0, 0.1) is 16.2 Å². The molecule has 2 rings (SSSR count). The Balaban J connectivity index is 2.01. The van der Waals surface area contributed by atoms with Crippen molar-refractivity contribution >= 4 is 17.5 Å². The van der Waals surface area contributed by atoms with Crippen LogP contribution in [0.3, 0.4) is 0 Å². The Labute approximate surface area is 135 Å². The number of hydrogen-bond acceptors (Lipinski definition) is 6. The van der Waals surface area contributed by atoms with Gasteiger partial charge in [-0.1, -0.05) is 0 Å². The van der Waals surface area contributed by atoms with E-state index in [1.54, 1.807) is 23.1 Å². The normalized spacial score (nSPS) is 15.0. The lowest BCUT2D eigenvalue weighted by Gasteiger charge is -2.36. The molecule has 0 saturated carbocycles. The Morgan fingerprint density at radius 3 is 2.43 bits per heavy atom. The summed E-state index contributed by atoms with van der Waals surface area (Å²) in [6.07, 6.45) is -0.313. The highest BCUT2D eigenvalue weighted by molar-refractivity contribution is 5.69. The molecule has 1 fully saturated rings. The van der Waals surface area contributed by atoms with Crippen molar-refractivity contribution in [1.82, 2.24) is 4.90 Å². The Morgan fingerprint density at radius 2 is 1.91 bits per heavy atom. The molecule has 1 heterocycles. The second kappa shape index (κ2) is 6.65. The van der Waals surface area contributed by atoms with Crippen LogP contribution in [0.4, 0.5) is 16.2 Å². The van der Waals surface area contributed by atoms with Gasteiger partial charge in [-0.05, 0) is 44.1 Å². The maximum absolute atomic E-state index is 12.0. The lowest BCUT2D eigenvalue weighted by atomic mass is 10.1. The van der Waals surface area contributed by atoms with Gasteiger partial charge >= 0.3 is 6.09 Å². The molecular formula is C16H20N4O3. The molecule has 0 radical (unpaired) electrons. The molecule has 0 spiro atoms. The summed E-state index contributed by atoms with van der Waals surface area (Å²) in [4.78, 5) is 26.6. The molecule has 0 aliphatic carbocycles. The van der Waals surface area contributed by atoms with Gasteiger partial charge in [0, 0.05) is 31.9 Å². The minimum atomic E-state index is -0.508. The van der Waals surface area contributed by atoms with Gasteiger partial charge in [0.1, 0.15) is 17.4 Å². The summed E-state index contributed by atoms with van der Waals surface area (Å²) < 4.78 is 5.36. The monoisotopic (exact) mass is 316 g/mol. The number of nitroso groups, excluding NO2 is 1. The van der Waals surface area contributed by atoms with E-state index in [9.17, 15) is 9.70 Å². The fraction of sp³-hybridized carbons (Fsp3) is 0.500. The molecule has 0 atom stereocenters. The summed E-state index contributed by atoms with van der Waals surface area (Å²) >= 11 is 0. The van der Waals surface area contributed by atoms with Crippen LogP contribution in [0.1, 0.15) is 26.3 Å². The number of amides is 1. The van der Waals surface area contributed by atoms with E-state index in [1.807, 2.05) is 26.8 Å². The molecule has 1 saturated heterocycles. The Morgan fingerprint density at radius 1 is 1.26 bits per heavy atom. The average Bonchev–Trinajstić information content (AvgIpc) is 2.52. The van der Waals surface area contributed by atoms with E-state index in [4.69, 9.17) is 10.00 Å². The highest BCUT2D eigenvalue weighted by Gasteiger charge is 2.26. The largest absolute Gasteiger partial charge is 0.444 e. The summed E-state index contributed by atoms with van der Waals surface area (Å²) in [6, 6.07) is 6.92. The number of anilines is 1. The fourth-order valence-corrected chi connectivity index (χ4v) is 2.36. The predicted molar refractivity (Wildman–Crippen MR) is 86.6 cm³/mol. The first-order valence-electron chi connectivity index (χ1n) is 7.44. The molecule has 1 aromatic rings. The van der Waals surface area contributed by atoms with E-state index < -0.39 is 5.60 Å². The molecule has 1 amide bonds. The molecule has 0 bridgehead atoms. The number of ether oxygens (including phenoxy) is 1. The zero-order chi connectivity index (χ0) is 17.0. The fourth-order valence-electron chi connectivity index (χ4n) is 2.36. The van der Waals surface area contributed by atoms with Crippen LogP contribution < -0.4 is 4.90 Å². The number of carbonyl (C=O) groups is 1. The number of nitrogens with zero attached hydrogens (tertiary/aromatic N) is 4. The molecule has 7 heteroatoms. The summed E-state index contributed by atoms with van der Waals surface area (Å²) in [7, 11) is 0. The molecule has 0 unspecified atom stereocenters. The molecule has 122 valence electrons. The van der Waals surface area contributed by atoms with Gasteiger partial charge in [0.05, 0.1) is 5.56 Å². The topological polar surface area (TPSA) is 86.0 Å². The molecular weight excluding hydrogens is 296 g/mol. The van der Waals surface area contributed by atoms with Crippen LogP contribution in [0.25, 0.3) is 0 Å². The Hall–Kier alpha value is -2.62. The number of carbonyl (C=O) groups excluding carboxylic acids is 1. The number of benzene rings is 1. The summed E-state index contributed by atoms with van der Waals surface area (Å²) in [5, 5.41) is 11.8. The van der Waals surface area contributed by atoms with Gasteiger partial charge < -0.3 is 14.5 Å². The summed E-state index contributed by atoms with van der Waals surface area (Å²) in [5.74, 6) is 0. The van der Waals surface area contributed by atoms with Gasteiger partial charge in [0.25, 0.3) is 0 Å². The zero-order valence-corrected chi connectivity index (χ0v) is 13.6. The third kappa shape index (κ3) is 4.19. The number of rotatable bonds is 2. The Bertz CT molecular complexity index is 638. The van der Waals surface area contributed by atoms with Crippen molar-refractivity contribution in [3.63, 3.8) is 0 Å². The van der Waals surface area contributed by atoms with Crippen molar-refractivity contribution < 1.29 is 9.53 Å². The van der Waals surface area contributed by atoms with Gasteiger partial charge in [0.2, 0.25) is 0 Å². The SMILES string of the molecule is CC(C)(C)OC(=O)N1CCN(c2ccc(C#N)c(N=O)c2)CC1. The van der Waals surface area contributed by atoms with Gasteiger partial charge in [-0.2, -0.15) is 5.26 Å². The number of hydrogen-bond donors (Lipinski definition) is 0. The number of piperazine rings is 1. The third-order valence-electron chi connectivity index (χ3n) is 3.50. The maximum Gasteiger partial charge on any atom is 0.410 e. The lowest BCUT2D eigenvalue weighted by molar-refractivity contribution is 0.0240. The zero-order valence-electron chi connectivity index (χ0n) is 13.6. The summed E-state index contributed by atoms with van der Waals surface area (Å²) in [5.41, 5.74) is 0.712. The quantitative estimate of drug-likeness (QED) is 0.783. The van der Waals surface area contributed by atoms with E-state index in [2.05, 4.69) is 10.1 Å². The van der Waals surface area contributed by atoms with E-state index in [0.717, 1.165) is 5.69 Å². The predicted octanol–water partition coefficient (Wildman–Crippen LogP) is 3.01. The van der Waals surface area contributed by atoms with E-state index >= 15 is 0 Å². The van der Waals surface area contributed by atoms with Crippen molar-refractivity contribution in [2.75, 3.05) is 31.1 Å². The minimum absolute atomic E-state index is 0.138. The highest BCUT2D eigenvalue weighted by atomic mass is 16.6. The maximum atomic E-state index is 12.0. The minimum Gasteiger partial charge on any atom is -0.444 e. The molecule has 1 aliphatic heterocycles. The van der Waals surface area contributed by atoms with Crippen molar-refractivity contribution in [3.05, 3.63) is 28.7 Å². The van der Waals surface area contributed by atoms with Crippen LogP contribution in [0.2, 0.25) is 0 Å². The first-order chi connectivity index (χ1) is 10.8. The molecule has 7 nitrogen and oxygen atoms in total. The lowest BCUT2D eigenvalue weighted by Crippen LogP contribution is -2.50. The van der Waals surface area contributed by atoms with Crippen molar-refractivity contribution in [2.45, 2.75) is 26.4 Å². The van der Waals surface area contributed by atoms with Crippen LogP contribution in [-0.2, 0) is 4.74 Å². The van der Waals surface area contributed by atoms with E-state index in [1.165, 1.54) is 0 Å². The van der Waals surface area contributed by atoms with Gasteiger partial charge in [-0.3, -0.25) is 0 Å². The second-order valence-corrected chi connectivity index (χ2v) is 6.36. The first kappa shape index (κ1) is 16.7. The van der Waals surface area contributed by atoms with Crippen LogP contribution in [0.15, 0.2) is 23.4 Å². The Kier molecular flexibility index (Phi) is 4.84. The highest BCUT2D eigenvalue weighted by Crippen LogP contribution is 2.26. The van der Waals surface area contributed by atoms with Gasteiger partial charge in [0.15, 0.2) is 0 Å². The number of nitriles is 1. The van der Waals surface area contributed by atoms with Crippen LogP contribution in [0.5, 0.6) is 0 Å². The van der Waals surface area contributed by atoms with E-state index in [0.29, 0.717) is 26.2 Å². The average molecular weight is 316 g/mol. The van der Waals surface area contributed by atoms with Gasteiger partial charge in [-0.15, -0.1) is 4.91 Å². The van der Waals surface area contributed by atoms with Gasteiger partial charge in [-0.25, -0.2) is 4.79 Å². The smallest absolute Gasteiger partial charge is 0.410 e. The molecule has 0 N–H and O–H groups in total. The van der Waals surface area contributed by atoms with Crippen molar-refractivity contribution in [2.24, 2.45) is 5.18 Å². The molecule has 23 heavy (non-hydrogen) atoms. The molecule has 1 aliphatic rings. The molecule has 0 aromatic heterocycles. The van der Waals surface area contributed by atoms with Crippen LogP contribution >= 0.6 is 0 Å². The second-order valence-electron chi connectivity index (χ2n) is 6.36. The standard InChI is InChI=1S/C16H20N4O3/c1-16(2,3)23-15(21)20-8-6-19(7-9-20)13-5-4-12(11-17)14(10-13)18-22/h4-5,10H,6-9H2,1-3H3. The van der Waals surface area contributed by atoms with E-state index in [-0.39, 0.29) is 17.3 Å². The summed E-state index contributed by atoms with van der Waals surface area (Å²) in [6.45, 7) is 7.86. The third-order valence-corrected chi connectivity index (χ3v) is 3.50. The van der Waals surface area contributed by atoms with Crippen molar-refractivity contribution in [3.8, 4) is 6.07 Å². The van der Waals surface area contributed by atoms with Crippen molar-refractivity contribution in [1.29, 1.82) is 5.26 Å².